The molecule has 5 heteroatoms. The molecule has 0 aliphatic rings. The van der Waals surface area contributed by atoms with Crippen molar-refractivity contribution < 1.29 is 9.53 Å². The maximum atomic E-state index is 11.4. The summed E-state index contributed by atoms with van der Waals surface area (Å²) in [6, 6.07) is 1.72. The highest BCUT2D eigenvalue weighted by atomic mass is 16.6. The summed E-state index contributed by atoms with van der Waals surface area (Å²) in [6.07, 6.45) is 0.978. The molecule has 0 aromatic carbocycles. The second kappa shape index (κ2) is 4.25. The van der Waals surface area contributed by atoms with Crippen molar-refractivity contribution in [3.8, 4) is 0 Å². The minimum Gasteiger partial charge on any atom is -0.444 e. The molecule has 1 aromatic heterocycles. The van der Waals surface area contributed by atoms with Crippen LogP contribution in [0.15, 0.2) is 12.3 Å². The van der Waals surface area contributed by atoms with Crippen LogP contribution in [0.1, 0.15) is 26.5 Å². The maximum absolute atomic E-state index is 11.4. The molecule has 1 aromatic rings. The van der Waals surface area contributed by atoms with E-state index in [4.69, 9.17) is 4.74 Å². The first kappa shape index (κ1) is 11.4. The fourth-order valence-corrected chi connectivity index (χ4v) is 0.963. The van der Waals surface area contributed by atoms with Crippen LogP contribution in [0, 0.1) is 6.92 Å². The highest BCUT2D eigenvalue weighted by molar-refractivity contribution is 5.84. The molecule has 1 amide bonds. The van der Waals surface area contributed by atoms with Gasteiger partial charge in [0, 0.05) is 0 Å². The average Bonchev–Trinajstić information content (AvgIpc) is 1.99. The zero-order chi connectivity index (χ0) is 11.5. The molecule has 1 rings (SSSR count). The van der Waals surface area contributed by atoms with Crippen LogP contribution < -0.4 is 5.32 Å². The zero-order valence-electron chi connectivity index (χ0n) is 9.37. The Balaban J connectivity index is 2.59. The fourth-order valence-electron chi connectivity index (χ4n) is 0.963. The Hall–Kier alpha value is -1.65. The van der Waals surface area contributed by atoms with Gasteiger partial charge in [-0.05, 0) is 33.8 Å². The van der Waals surface area contributed by atoms with Gasteiger partial charge in [0.1, 0.15) is 5.60 Å². The Morgan fingerprint density at radius 2 is 2.13 bits per heavy atom. The monoisotopic (exact) mass is 209 g/mol. The van der Waals surface area contributed by atoms with Crippen molar-refractivity contribution in [3.05, 3.63) is 18.0 Å². The van der Waals surface area contributed by atoms with Crippen molar-refractivity contribution >= 4 is 11.8 Å². The van der Waals surface area contributed by atoms with E-state index in [1.165, 1.54) is 6.20 Å². The third kappa shape index (κ3) is 4.39. The lowest BCUT2D eigenvalue weighted by molar-refractivity contribution is 0.0636. The van der Waals surface area contributed by atoms with E-state index in [0.717, 1.165) is 5.69 Å². The number of hydrogen-bond acceptors (Lipinski definition) is 4. The summed E-state index contributed by atoms with van der Waals surface area (Å²) in [5.74, 6) is 0. The van der Waals surface area contributed by atoms with Crippen LogP contribution in [0.2, 0.25) is 0 Å². The summed E-state index contributed by atoms with van der Waals surface area (Å²) >= 11 is 0. The number of ether oxygens (including phenoxy) is 1. The summed E-state index contributed by atoms with van der Waals surface area (Å²) in [4.78, 5) is 11.4. The summed E-state index contributed by atoms with van der Waals surface area (Å²) in [7, 11) is 0. The second-order valence-corrected chi connectivity index (χ2v) is 4.21. The molecule has 0 bridgehead atoms. The SMILES string of the molecule is Cc1cc(NC(=O)OC(C)(C)C)cnn1. The Bertz CT molecular complexity index is 358. The molecule has 82 valence electrons. The molecule has 0 aliphatic carbocycles. The zero-order valence-corrected chi connectivity index (χ0v) is 9.37. The van der Waals surface area contributed by atoms with E-state index in [1.54, 1.807) is 13.0 Å². The van der Waals surface area contributed by atoms with Crippen LogP contribution in [0.4, 0.5) is 10.5 Å². The van der Waals surface area contributed by atoms with Crippen LogP contribution in [0.3, 0.4) is 0 Å². The topological polar surface area (TPSA) is 64.1 Å². The third-order valence-electron chi connectivity index (χ3n) is 1.42. The van der Waals surface area contributed by atoms with Crippen LogP contribution in [-0.4, -0.2) is 21.9 Å². The minimum atomic E-state index is -0.500. The summed E-state index contributed by atoms with van der Waals surface area (Å²) in [6.45, 7) is 7.22. The van der Waals surface area contributed by atoms with Crippen LogP contribution in [0.5, 0.6) is 0 Å². The largest absolute Gasteiger partial charge is 0.444 e. The van der Waals surface area contributed by atoms with Gasteiger partial charge in [0.2, 0.25) is 0 Å². The lowest BCUT2D eigenvalue weighted by atomic mass is 10.2. The molecule has 0 radical (unpaired) electrons. The highest BCUT2D eigenvalue weighted by Crippen LogP contribution is 2.10. The molecule has 0 aliphatic heterocycles. The first-order valence-corrected chi connectivity index (χ1v) is 4.66. The molecular formula is C10H15N3O2. The highest BCUT2D eigenvalue weighted by Gasteiger charge is 2.16. The van der Waals surface area contributed by atoms with E-state index < -0.39 is 11.7 Å². The van der Waals surface area contributed by atoms with Crippen LogP contribution in [-0.2, 0) is 4.74 Å². The maximum Gasteiger partial charge on any atom is 0.412 e. The first-order valence-electron chi connectivity index (χ1n) is 4.66. The van der Waals surface area contributed by atoms with Gasteiger partial charge >= 0.3 is 6.09 Å². The Kier molecular flexibility index (Phi) is 3.24. The molecule has 0 unspecified atom stereocenters. The number of amides is 1. The van der Waals surface area contributed by atoms with E-state index >= 15 is 0 Å². The smallest absolute Gasteiger partial charge is 0.412 e. The Labute approximate surface area is 88.9 Å². The van der Waals surface area contributed by atoms with Gasteiger partial charge in [-0.3, -0.25) is 5.32 Å². The molecule has 0 spiro atoms. The number of hydrogen-bond donors (Lipinski definition) is 1. The van der Waals surface area contributed by atoms with Gasteiger partial charge in [-0.1, -0.05) is 0 Å². The standard InChI is InChI=1S/C10H15N3O2/c1-7-5-8(6-11-13-7)12-9(14)15-10(2,3)4/h5-6H,1-4H3,(H,12,13,14). The number of aryl methyl sites for hydroxylation is 1. The van der Waals surface area contributed by atoms with Gasteiger partial charge in [-0.2, -0.15) is 10.2 Å². The quantitative estimate of drug-likeness (QED) is 0.769. The summed E-state index contributed by atoms with van der Waals surface area (Å²) in [5, 5.41) is 10.1. The van der Waals surface area contributed by atoms with Gasteiger partial charge in [-0.25, -0.2) is 4.79 Å². The number of aromatic nitrogens is 2. The van der Waals surface area contributed by atoms with Gasteiger partial charge < -0.3 is 4.74 Å². The molecule has 0 atom stereocenters. The van der Waals surface area contributed by atoms with E-state index in [-0.39, 0.29) is 0 Å². The van der Waals surface area contributed by atoms with Crippen molar-refractivity contribution in [2.45, 2.75) is 33.3 Å². The van der Waals surface area contributed by atoms with Crippen molar-refractivity contribution in [2.75, 3.05) is 5.32 Å². The number of anilines is 1. The van der Waals surface area contributed by atoms with E-state index in [2.05, 4.69) is 15.5 Å². The molecule has 0 saturated carbocycles. The van der Waals surface area contributed by atoms with Gasteiger partial charge in [-0.15, -0.1) is 0 Å². The third-order valence-corrected chi connectivity index (χ3v) is 1.42. The number of nitrogens with zero attached hydrogens (tertiary/aromatic N) is 2. The number of carbonyl (C=O) groups excluding carboxylic acids is 1. The van der Waals surface area contributed by atoms with E-state index in [0.29, 0.717) is 5.69 Å². The lowest BCUT2D eigenvalue weighted by Crippen LogP contribution is -2.27. The van der Waals surface area contributed by atoms with E-state index in [1.807, 2.05) is 20.8 Å². The molecular weight excluding hydrogens is 194 g/mol. The second-order valence-electron chi connectivity index (χ2n) is 4.21. The Morgan fingerprint density at radius 3 is 2.67 bits per heavy atom. The van der Waals surface area contributed by atoms with Gasteiger partial charge in [0.25, 0.3) is 0 Å². The predicted molar refractivity (Wildman–Crippen MR) is 56.6 cm³/mol. The van der Waals surface area contributed by atoms with Crippen LogP contribution >= 0.6 is 0 Å². The number of nitrogens with one attached hydrogen (secondary N) is 1. The van der Waals surface area contributed by atoms with Gasteiger partial charge in [0.15, 0.2) is 0 Å². The van der Waals surface area contributed by atoms with Crippen molar-refractivity contribution in [3.63, 3.8) is 0 Å². The summed E-state index contributed by atoms with van der Waals surface area (Å²) in [5.41, 5.74) is 0.819. The fraction of sp³-hybridized carbons (Fsp3) is 0.500. The van der Waals surface area contributed by atoms with E-state index in [9.17, 15) is 4.79 Å². The van der Waals surface area contributed by atoms with Gasteiger partial charge in [0.05, 0.1) is 17.6 Å². The van der Waals surface area contributed by atoms with Crippen molar-refractivity contribution in [1.82, 2.24) is 10.2 Å². The molecule has 5 nitrogen and oxygen atoms in total. The molecule has 0 saturated heterocycles. The minimum absolute atomic E-state index is 0.491. The molecule has 0 fully saturated rings. The average molecular weight is 209 g/mol. The molecule has 1 heterocycles. The normalized spacial score (nSPS) is 10.9. The summed E-state index contributed by atoms with van der Waals surface area (Å²) < 4.78 is 5.08. The lowest BCUT2D eigenvalue weighted by Gasteiger charge is -2.19. The Morgan fingerprint density at radius 1 is 1.47 bits per heavy atom. The van der Waals surface area contributed by atoms with Crippen LogP contribution in [0.25, 0.3) is 0 Å². The molecule has 15 heavy (non-hydrogen) atoms. The number of carbonyl (C=O) groups is 1. The first-order chi connectivity index (χ1) is 6.87. The molecule has 1 N–H and O–H groups in total. The predicted octanol–water partition coefficient (Wildman–Crippen LogP) is 2.13. The van der Waals surface area contributed by atoms with Crippen molar-refractivity contribution in [2.24, 2.45) is 0 Å². The number of rotatable bonds is 1. The van der Waals surface area contributed by atoms with Crippen molar-refractivity contribution in [1.29, 1.82) is 0 Å².